The Bertz CT molecular complexity index is 1190. The highest BCUT2D eigenvalue weighted by molar-refractivity contribution is 7.92. The first-order valence-electron chi connectivity index (χ1n) is 9.59. The molecule has 0 atom stereocenters. The number of Topliss-reactive ketones (excluding diaryl/α,β-unsaturated/α-hetero) is 1. The molecule has 0 spiro atoms. The largest absolute Gasteiger partial charge is 0.467 e. The summed E-state index contributed by atoms with van der Waals surface area (Å²) in [5.74, 6) is -2.34. The normalized spacial score (nSPS) is 16.4. The van der Waals surface area contributed by atoms with Crippen molar-refractivity contribution in [3.8, 4) is 0 Å². The molecule has 2 aliphatic heterocycles. The predicted octanol–water partition coefficient (Wildman–Crippen LogP) is 1.17. The number of imide groups is 2. The van der Waals surface area contributed by atoms with E-state index in [0.29, 0.717) is 34.9 Å². The van der Waals surface area contributed by atoms with Crippen molar-refractivity contribution in [2.45, 2.75) is 19.9 Å². The van der Waals surface area contributed by atoms with Gasteiger partial charge in [-0.25, -0.2) is 23.0 Å². The van der Waals surface area contributed by atoms with Crippen molar-refractivity contribution in [3.05, 3.63) is 53.5 Å². The minimum Gasteiger partial charge on any atom is -0.467 e. The molecule has 31 heavy (non-hydrogen) atoms. The number of carbonyl (C=O) groups is 4. The van der Waals surface area contributed by atoms with E-state index in [0.717, 1.165) is 4.90 Å². The predicted molar refractivity (Wildman–Crippen MR) is 108 cm³/mol. The topological polar surface area (TPSA) is 125 Å². The van der Waals surface area contributed by atoms with E-state index in [9.17, 15) is 27.6 Å². The van der Waals surface area contributed by atoms with Crippen LogP contribution >= 0.6 is 0 Å². The molecule has 1 aromatic carbocycles. The highest BCUT2D eigenvalue weighted by Gasteiger charge is 2.45. The fraction of sp³-hybridized carbons (Fsp3) is 0.300. The Balaban J connectivity index is 1.50. The average molecular weight is 445 g/mol. The van der Waals surface area contributed by atoms with Gasteiger partial charge in [-0.1, -0.05) is 0 Å². The van der Waals surface area contributed by atoms with Crippen LogP contribution in [-0.4, -0.2) is 60.7 Å². The highest BCUT2D eigenvalue weighted by atomic mass is 32.2. The van der Waals surface area contributed by atoms with E-state index in [1.807, 2.05) is 0 Å². The Morgan fingerprint density at radius 3 is 2.52 bits per heavy atom. The molecule has 0 aliphatic carbocycles. The summed E-state index contributed by atoms with van der Waals surface area (Å²) in [6.07, 6.45) is 1.83. The maximum atomic E-state index is 12.7. The summed E-state index contributed by atoms with van der Waals surface area (Å²) in [7, 11) is -3.41. The zero-order valence-corrected chi connectivity index (χ0v) is 17.4. The maximum Gasteiger partial charge on any atom is 0.335 e. The number of urea groups is 1. The lowest BCUT2D eigenvalue weighted by molar-refractivity contribution is -0.143. The third-order valence-electron chi connectivity index (χ3n) is 5.29. The molecule has 0 bridgehead atoms. The Morgan fingerprint density at radius 1 is 1.10 bits per heavy atom. The molecule has 0 saturated carbocycles. The Morgan fingerprint density at radius 2 is 1.84 bits per heavy atom. The van der Waals surface area contributed by atoms with Crippen molar-refractivity contribution in [1.82, 2.24) is 9.80 Å². The maximum absolute atomic E-state index is 12.7. The van der Waals surface area contributed by atoms with Gasteiger partial charge in [-0.15, -0.1) is 0 Å². The van der Waals surface area contributed by atoms with Crippen LogP contribution in [0.2, 0.25) is 0 Å². The number of amides is 4. The van der Waals surface area contributed by atoms with Gasteiger partial charge < -0.3 is 4.42 Å². The molecule has 1 fully saturated rings. The average Bonchev–Trinajstić information content (AvgIpc) is 3.46. The lowest BCUT2D eigenvalue weighted by atomic mass is 10.0. The Labute approximate surface area is 178 Å². The highest BCUT2D eigenvalue weighted by Crippen LogP contribution is 2.31. The van der Waals surface area contributed by atoms with Crippen molar-refractivity contribution >= 4 is 39.3 Å². The minimum atomic E-state index is -3.41. The standard InChI is InChI=1S/C20H19N3O7S/c1-2-31(28,29)23-8-7-13-10-14(5-6-16(13)23)17(24)12-22-19(26)18(25)21(20(22)27)11-15-4-3-9-30-15/h3-6,9-10H,2,7-8,11-12H2,1H3. The number of nitrogens with zero attached hydrogens (tertiary/aromatic N) is 3. The van der Waals surface area contributed by atoms with E-state index in [1.54, 1.807) is 31.2 Å². The van der Waals surface area contributed by atoms with Crippen LogP contribution in [0.1, 0.15) is 28.6 Å². The molecule has 0 radical (unpaired) electrons. The Hall–Kier alpha value is -3.47. The Kier molecular flexibility index (Phi) is 5.13. The van der Waals surface area contributed by atoms with Crippen molar-refractivity contribution in [2.75, 3.05) is 23.1 Å². The third kappa shape index (κ3) is 3.61. The summed E-state index contributed by atoms with van der Waals surface area (Å²) in [5, 5.41) is 0. The van der Waals surface area contributed by atoms with Gasteiger partial charge in [-0.3, -0.25) is 18.7 Å². The van der Waals surface area contributed by atoms with Crippen LogP contribution in [0, 0.1) is 0 Å². The number of hydrogen-bond acceptors (Lipinski definition) is 7. The fourth-order valence-electron chi connectivity index (χ4n) is 3.61. The van der Waals surface area contributed by atoms with Crippen LogP contribution in [-0.2, 0) is 32.6 Å². The number of benzene rings is 1. The van der Waals surface area contributed by atoms with Crippen LogP contribution in [0.3, 0.4) is 0 Å². The van der Waals surface area contributed by atoms with Crippen molar-refractivity contribution in [3.63, 3.8) is 0 Å². The van der Waals surface area contributed by atoms with Crippen LogP contribution in [0.15, 0.2) is 41.0 Å². The molecule has 0 N–H and O–H groups in total. The lowest BCUT2D eigenvalue weighted by Gasteiger charge is -2.18. The van der Waals surface area contributed by atoms with Gasteiger partial charge in [-0.05, 0) is 49.2 Å². The van der Waals surface area contributed by atoms with E-state index in [2.05, 4.69) is 0 Å². The molecule has 11 heteroatoms. The second-order valence-electron chi connectivity index (χ2n) is 7.13. The molecule has 10 nitrogen and oxygen atoms in total. The van der Waals surface area contributed by atoms with E-state index in [-0.39, 0.29) is 17.9 Å². The minimum absolute atomic E-state index is 0.0329. The first kappa shape index (κ1) is 20.8. The van der Waals surface area contributed by atoms with E-state index >= 15 is 0 Å². The summed E-state index contributed by atoms with van der Waals surface area (Å²) in [5.41, 5.74) is 1.44. The van der Waals surface area contributed by atoms with Crippen molar-refractivity contribution in [1.29, 1.82) is 0 Å². The molecule has 2 aliphatic rings. The molecule has 4 rings (SSSR count). The summed E-state index contributed by atoms with van der Waals surface area (Å²) < 4.78 is 30.8. The second kappa shape index (κ2) is 7.65. The van der Waals surface area contributed by atoms with Gasteiger partial charge in [0, 0.05) is 12.1 Å². The summed E-state index contributed by atoms with van der Waals surface area (Å²) in [4.78, 5) is 51.0. The molecular formula is C20H19N3O7S. The summed E-state index contributed by atoms with van der Waals surface area (Å²) in [6.45, 7) is 1.06. The van der Waals surface area contributed by atoms with Crippen molar-refractivity contribution in [2.24, 2.45) is 0 Å². The van der Waals surface area contributed by atoms with Gasteiger partial charge in [0.2, 0.25) is 10.0 Å². The first-order valence-corrected chi connectivity index (χ1v) is 11.2. The van der Waals surface area contributed by atoms with E-state index in [1.165, 1.54) is 16.6 Å². The molecule has 1 aromatic heterocycles. The monoisotopic (exact) mass is 445 g/mol. The first-order chi connectivity index (χ1) is 14.7. The van der Waals surface area contributed by atoms with Crippen LogP contribution in [0.4, 0.5) is 10.5 Å². The molecule has 162 valence electrons. The van der Waals surface area contributed by atoms with Crippen LogP contribution in [0.5, 0.6) is 0 Å². The van der Waals surface area contributed by atoms with Crippen molar-refractivity contribution < 1.29 is 32.0 Å². The van der Waals surface area contributed by atoms with Gasteiger partial charge in [-0.2, -0.15) is 0 Å². The zero-order chi connectivity index (χ0) is 22.3. The number of sulfonamides is 1. The van der Waals surface area contributed by atoms with Crippen LogP contribution < -0.4 is 4.31 Å². The number of ketones is 1. The number of anilines is 1. The molecule has 4 amide bonds. The van der Waals surface area contributed by atoms with Gasteiger partial charge >= 0.3 is 17.8 Å². The van der Waals surface area contributed by atoms with Crippen LogP contribution in [0.25, 0.3) is 0 Å². The third-order valence-corrected chi connectivity index (χ3v) is 7.07. The quantitative estimate of drug-likeness (QED) is 0.356. The van der Waals surface area contributed by atoms with E-state index < -0.39 is 40.2 Å². The molecule has 2 aromatic rings. The summed E-state index contributed by atoms with van der Waals surface area (Å²) in [6, 6.07) is 6.83. The number of fused-ring (bicyclic) bond motifs is 1. The SMILES string of the molecule is CCS(=O)(=O)N1CCc2cc(C(=O)CN3C(=O)C(=O)N(Cc4ccco4)C3=O)ccc21. The lowest BCUT2D eigenvalue weighted by Crippen LogP contribution is -2.36. The second-order valence-corrected chi connectivity index (χ2v) is 9.32. The zero-order valence-electron chi connectivity index (χ0n) is 16.6. The van der Waals surface area contributed by atoms with Gasteiger partial charge in [0.25, 0.3) is 0 Å². The summed E-state index contributed by atoms with van der Waals surface area (Å²) >= 11 is 0. The molecule has 0 unspecified atom stereocenters. The number of hydrogen-bond donors (Lipinski definition) is 0. The number of furan rings is 1. The van der Waals surface area contributed by atoms with E-state index in [4.69, 9.17) is 4.42 Å². The van der Waals surface area contributed by atoms with Gasteiger partial charge in [0.05, 0.1) is 30.8 Å². The number of rotatable bonds is 7. The van der Waals surface area contributed by atoms with Gasteiger partial charge in [0.1, 0.15) is 5.76 Å². The fourth-order valence-corrected chi connectivity index (χ4v) is 4.77. The number of carbonyl (C=O) groups excluding carboxylic acids is 4. The molecule has 1 saturated heterocycles. The van der Waals surface area contributed by atoms with Gasteiger partial charge in [0.15, 0.2) is 5.78 Å². The molecule has 3 heterocycles. The molecular weight excluding hydrogens is 426 g/mol. The smallest absolute Gasteiger partial charge is 0.335 e.